The van der Waals surface area contributed by atoms with Gasteiger partial charge < -0.3 is 4.74 Å². The number of esters is 1. The number of rotatable bonds is 4. The van der Waals surface area contributed by atoms with Crippen LogP contribution >= 0.6 is 12.6 Å². The summed E-state index contributed by atoms with van der Waals surface area (Å²) in [5.74, 6) is -0.149. The third-order valence-corrected chi connectivity index (χ3v) is 1.73. The SMILES string of the molecule is CCOC(=O)C[C@H](S)CC. The second-order valence-corrected chi connectivity index (χ2v) is 2.80. The van der Waals surface area contributed by atoms with E-state index < -0.39 is 0 Å². The minimum Gasteiger partial charge on any atom is -0.466 e. The molecule has 0 aromatic rings. The summed E-state index contributed by atoms with van der Waals surface area (Å²) in [5, 5.41) is 0.152. The molecule has 0 radical (unpaired) electrons. The maximum Gasteiger partial charge on any atom is 0.306 e. The Morgan fingerprint density at radius 1 is 1.60 bits per heavy atom. The Bertz CT molecular complexity index is 104. The molecule has 0 rings (SSSR count). The normalized spacial score (nSPS) is 12.7. The topological polar surface area (TPSA) is 26.3 Å². The third-order valence-electron chi connectivity index (χ3n) is 1.18. The molecule has 0 saturated carbocycles. The molecular formula is C7H14O2S. The molecule has 0 aromatic carbocycles. The van der Waals surface area contributed by atoms with E-state index in [2.05, 4.69) is 12.6 Å². The lowest BCUT2D eigenvalue weighted by atomic mass is 10.2. The van der Waals surface area contributed by atoms with Crippen LogP contribution in [0.15, 0.2) is 0 Å². The van der Waals surface area contributed by atoms with Crippen LogP contribution in [-0.2, 0) is 9.53 Å². The molecule has 2 nitrogen and oxygen atoms in total. The van der Waals surface area contributed by atoms with Gasteiger partial charge in [0.1, 0.15) is 0 Å². The molecule has 10 heavy (non-hydrogen) atoms. The zero-order valence-corrected chi connectivity index (χ0v) is 7.36. The van der Waals surface area contributed by atoms with E-state index in [1.807, 2.05) is 6.92 Å². The van der Waals surface area contributed by atoms with Gasteiger partial charge in [0, 0.05) is 5.25 Å². The lowest BCUT2D eigenvalue weighted by Gasteiger charge is -2.05. The molecule has 0 unspecified atom stereocenters. The highest BCUT2D eigenvalue weighted by Gasteiger charge is 2.07. The van der Waals surface area contributed by atoms with E-state index in [-0.39, 0.29) is 11.2 Å². The summed E-state index contributed by atoms with van der Waals surface area (Å²) in [7, 11) is 0. The fourth-order valence-electron chi connectivity index (χ4n) is 0.557. The summed E-state index contributed by atoms with van der Waals surface area (Å²) in [6.45, 7) is 4.26. The van der Waals surface area contributed by atoms with E-state index in [0.717, 1.165) is 6.42 Å². The third kappa shape index (κ3) is 4.68. The van der Waals surface area contributed by atoms with Crippen LogP contribution in [0.25, 0.3) is 0 Å². The van der Waals surface area contributed by atoms with Crippen molar-refractivity contribution < 1.29 is 9.53 Å². The molecule has 1 atom stereocenters. The molecule has 0 N–H and O–H groups in total. The Labute approximate surface area is 67.4 Å². The quantitative estimate of drug-likeness (QED) is 0.502. The summed E-state index contributed by atoms with van der Waals surface area (Å²) in [6, 6.07) is 0. The maximum absolute atomic E-state index is 10.7. The van der Waals surface area contributed by atoms with Crippen molar-refractivity contribution in [1.29, 1.82) is 0 Å². The van der Waals surface area contributed by atoms with E-state index >= 15 is 0 Å². The molecule has 0 amide bonds. The maximum atomic E-state index is 10.7. The van der Waals surface area contributed by atoms with Gasteiger partial charge in [0.05, 0.1) is 13.0 Å². The van der Waals surface area contributed by atoms with Gasteiger partial charge in [-0.3, -0.25) is 4.79 Å². The van der Waals surface area contributed by atoms with Crippen LogP contribution < -0.4 is 0 Å². The average Bonchev–Trinajstić information content (AvgIpc) is 1.88. The molecule has 0 aliphatic carbocycles. The monoisotopic (exact) mass is 162 g/mol. The van der Waals surface area contributed by atoms with Crippen LogP contribution in [0, 0.1) is 0 Å². The first kappa shape index (κ1) is 9.82. The molecule has 0 spiro atoms. The average molecular weight is 162 g/mol. The van der Waals surface area contributed by atoms with Gasteiger partial charge >= 0.3 is 5.97 Å². The van der Waals surface area contributed by atoms with Gasteiger partial charge in [0.25, 0.3) is 0 Å². The molecule has 0 bridgehead atoms. The van der Waals surface area contributed by atoms with Crippen molar-refractivity contribution >= 4 is 18.6 Å². The second kappa shape index (κ2) is 5.59. The van der Waals surface area contributed by atoms with Crippen molar-refractivity contribution in [2.75, 3.05) is 6.61 Å². The number of carbonyl (C=O) groups is 1. The fraction of sp³-hybridized carbons (Fsp3) is 0.857. The highest BCUT2D eigenvalue weighted by atomic mass is 32.1. The van der Waals surface area contributed by atoms with Crippen molar-refractivity contribution in [2.24, 2.45) is 0 Å². The lowest BCUT2D eigenvalue weighted by molar-refractivity contribution is -0.143. The van der Waals surface area contributed by atoms with E-state index in [1.165, 1.54) is 0 Å². The Morgan fingerprint density at radius 3 is 2.60 bits per heavy atom. The van der Waals surface area contributed by atoms with Gasteiger partial charge in [-0.25, -0.2) is 0 Å². The highest BCUT2D eigenvalue weighted by Crippen LogP contribution is 2.06. The number of hydrogen-bond acceptors (Lipinski definition) is 3. The van der Waals surface area contributed by atoms with Crippen LogP contribution in [0.2, 0.25) is 0 Å². The van der Waals surface area contributed by atoms with Gasteiger partial charge in [0.2, 0.25) is 0 Å². The molecular weight excluding hydrogens is 148 g/mol. The zero-order valence-electron chi connectivity index (χ0n) is 6.46. The summed E-state index contributed by atoms with van der Waals surface area (Å²) in [5.41, 5.74) is 0. The summed E-state index contributed by atoms with van der Waals surface area (Å²) < 4.78 is 4.73. The Kier molecular flexibility index (Phi) is 5.49. The highest BCUT2D eigenvalue weighted by molar-refractivity contribution is 7.81. The van der Waals surface area contributed by atoms with Gasteiger partial charge in [-0.15, -0.1) is 0 Å². The number of thiol groups is 1. The number of hydrogen-bond donors (Lipinski definition) is 1. The standard InChI is InChI=1S/C7H14O2S/c1-3-6(10)5-7(8)9-4-2/h6,10H,3-5H2,1-2H3/t6-/m1/s1. The largest absolute Gasteiger partial charge is 0.466 e. The summed E-state index contributed by atoms with van der Waals surface area (Å²) in [6.07, 6.45) is 1.33. The minimum atomic E-state index is -0.149. The van der Waals surface area contributed by atoms with Crippen molar-refractivity contribution in [1.82, 2.24) is 0 Å². The van der Waals surface area contributed by atoms with Crippen LogP contribution in [0.5, 0.6) is 0 Å². The van der Waals surface area contributed by atoms with E-state index in [0.29, 0.717) is 13.0 Å². The Morgan fingerprint density at radius 2 is 2.20 bits per heavy atom. The molecule has 0 heterocycles. The predicted octanol–water partition coefficient (Wildman–Crippen LogP) is 1.65. The zero-order chi connectivity index (χ0) is 7.98. The van der Waals surface area contributed by atoms with Gasteiger partial charge in [0.15, 0.2) is 0 Å². The molecule has 0 fully saturated rings. The predicted molar refractivity (Wildman–Crippen MR) is 44.3 cm³/mol. The van der Waals surface area contributed by atoms with Gasteiger partial charge in [-0.2, -0.15) is 12.6 Å². The lowest BCUT2D eigenvalue weighted by Crippen LogP contribution is -2.10. The molecule has 0 aliphatic heterocycles. The number of ether oxygens (including phenoxy) is 1. The van der Waals surface area contributed by atoms with Crippen molar-refractivity contribution in [3.8, 4) is 0 Å². The second-order valence-electron chi connectivity index (χ2n) is 2.07. The molecule has 0 aromatic heterocycles. The van der Waals surface area contributed by atoms with Crippen molar-refractivity contribution in [2.45, 2.75) is 31.9 Å². The molecule has 3 heteroatoms. The van der Waals surface area contributed by atoms with Crippen LogP contribution in [0.3, 0.4) is 0 Å². The Balaban J connectivity index is 3.37. The van der Waals surface area contributed by atoms with Gasteiger partial charge in [-0.05, 0) is 13.3 Å². The molecule has 0 saturated heterocycles. The fourth-order valence-corrected chi connectivity index (χ4v) is 0.706. The van der Waals surface area contributed by atoms with E-state index in [9.17, 15) is 4.79 Å². The molecule has 60 valence electrons. The number of carbonyl (C=O) groups excluding carboxylic acids is 1. The summed E-state index contributed by atoms with van der Waals surface area (Å²) in [4.78, 5) is 10.7. The van der Waals surface area contributed by atoms with Crippen LogP contribution in [0.1, 0.15) is 26.7 Å². The smallest absolute Gasteiger partial charge is 0.306 e. The Hall–Kier alpha value is -0.180. The van der Waals surface area contributed by atoms with Crippen LogP contribution in [-0.4, -0.2) is 17.8 Å². The first-order valence-electron chi connectivity index (χ1n) is 3.54. The minimum absolute atomic E-state index is 0.149. The first-order chi connectivity index (χ1) is 4.70. The van der Waals surface area contributed by atoms with E-state index in [4.69, 9.17) is 4.74 Å². The van der Waals surface area contributed by atoms with Crippen molar-refractivity contribution in [3.05, 3.63) is 0 Å². The summed E-state index contributed by atoms with van der Waals surface area (Å²) >= 11 is 4.16. The van der Waals surface area contributed by atoms with Gasteiger partial charge in [-0.1, -0.05) is 6.92 Å². The first-order valence-corrected chi connectivity index (χ1v) is 4.06. The van der Waals surface area contributed by atoms with Crippen LogP contribution in [0.4, 0.5) is 0 Å². The van der Waals surface area contributed by atoms with Crippen molar-refractivity contribution in [3.63, 3.8) is 0 Å². The molecule has 0 aliphatic rings. The van der Waals surface area contributed by atoms with E-state index in [1.54, 1.807) is 6.92 Å².